The van der Waals surface area contributed by atoms with Gasteiger partial charge < -0.3 is 9.47 Å². The minimum absolute atomic E-state index is 0.140. The maximum atomic E-state index is 13.1. The van der Waals surface area contributed by atoms with Gasteiger partial charge in [-0.15, -0.1) is 0 Å². The summed E-state index contributed by atoms with van der Waals surface area (Å²) in [5, 5.41) is 0. The van der Waals surface area contributed by atoms with Crippen molar-refractivity contribution >= 4 is 23.6 Å². The van der Waals surface area contributed by atoms with Crippen molar-refractivity contribution in [2.24, 2.45) is 23.7 Å². The zero-order chi connectivity index (χ0) is 21.7. The van der Waals surface area contributed by atoms with E-state index in [1.165, 1.54) is 9.80 Å². The van der Waals surface area contributed by atoms with Crippen LogP contribution in [-0.4, -0.2) is 57.8 Å². The summed E-state index contributed by atoms with van der Waals surface area (Å²) in [6.07, 6.45) is 2.78. The second-order valence-electron chi connectivity index (χ2n) is 9.98. The van der Waals surface area contributed by atoms with Gasteiger partial charge in [-0.25, -0.2) is 0 Å². The molecule has 6 fully saturated rings. The average molecular weight is 436 g/mol. The lowest BCUT2D eigenvalue weighted by molar-refractivity contribution is -0.145. The number of imide groups is 2. The summed E-state index contributed by atoms with van der Waals surface area (Å²) in [7, 11) is 0. The predicted octanol–water partition coefficient (Wildman–Crippen LogP) is 1.01. The Kier molecular flexibility index (Phi) is 3.84. The second kappa shape index (κ2) is 6.48. The van der Waals surface area contributed by atoms with Crippen molar-refractivity contribution in [2.45, 2.75) is 63.2 Å². The van der Waals surface area contributed by atoms with Crippen LogP contribution in [0.1, 0.15) is 36.8 Å². The van der Waals surface area contributed by atoms with Gasteiger partial charge in [-0.3, -0.25) is 29.0 Å². The fourth-order valence-electron chi connectivity index (χ4n) is 7.07. The summed E-state index contributed by atoms with van der Waals surface area (Å²) in [4.78, 5) is 54.9. The number of fused-ring (bicyclic) bond motifs is 10. The molecule has 0 radical (unpaired) electrons. The standard InChI is InChI=1S/C24H24N2O6/c27-21-17-13-5-6-14(31-13)18(17)22(28)25(21)9-11-3-1-2-4-12(11)10-26-23(29)19-15-7-8-16(32-15)20(19)24(26)30/h1-4,13-20H,5-10H2/t13-,14-,15-,16-,17-,18-,19-,20+/m0/s1. The molecule has 1 aromatic carbocycles. The number of ether oxygens (including phenoxy) is 2. The fraction of sp³-hybridized carbons (Fsp3) is 0.583. The molecule has 7 rings (SSSR count). The lowest BCUT2D eigenvalue weighted by Crippen LogP contribution is -2.36. The first kappa shape index (κ1) is 18.9. The number of amides is 4. The maximum Gasteiger partial charge on any atom is 0.236 e. The fourth-order valence-corrected chi connectivity index (χ4v) is 7.07. The molecule has 32 heavy (non-hydrogen) atoms. The van der Waals surface area contributed by atoms with E-state index in [-0.39, 0.29) is 84.8 Å². The molecule has 0 spiro atoms. The normalized spacial score (nSPS) is 41.4. The maximum absolute atomic E-state index is 13.1. The van der Waals surface area contributed by atoms with E-state index in [4.69, 9.17) is 9.47 Å². The van der Waals surface area contributed by atoms with Crippen LogP contribution >= 0.6 is 0 Å². The van der Waals surface area contributed by atoms with Crippen LogP contribution < -0.4 is 0 Å². The highest BCUT2D eigenvalue weighted by Crippen LogP contribution is 2.50. The molecule has 8 nitrogen and oxygen atoms in total. The highest BCUT2D eigenvalue weighted by Gasteiger charge is 2.63. The van der Waals surface area contributed by atoms with Crippen LogP contribution in [0.25, 0.3) is 0 Å². The molecule has 166 valence electrons. The molecule has 0 aliphatic carbocycles. The van der Waals surface area contributed by atoms with E-state index in [1.807, 2.05) is 24.3 Å². The minimum atomic E-state index is -0.356. The van der Waals surface area contributed by atoms with Crippen molar-refractivity contribution in [1.29, 1.82) is 0 Å². The third kappa shape index (κ3) is 2.34. The summed E-state index contributed by atoms with van der Waals surface area (Å²) in [6, 6.07) is 7.45. The minimum Gasteiger partial charge on any atom is -0.373 e. The van der Waals surface area contributed by atoms with Gasteiger partial charge in [0.1, 0.15) is 0 Å². The number of carbonyl (C=O) groups is 4. The Balaban J connectivity index is 1.14. The Morgan fingerprint density at radius 3 is 1.22 bits per heavy atom. The first-order valence-electron chi connectivity index (χ1n) is 11.6. The molecule has 8 heteroatoms. The Bertz CT molecular complexity index is 931. The predicted molar refractivity (Wildman–Crippen MR) is 107 cm³/mol. The number of nitrogens with zero attached hydrogens (tertiary/aromatic N) is 2. The topological polar surface area (TPSA) is 93.2 Å². The SMILES string of the molecule is O=C1[C@@H]2[C@@H](C(=O)N1Cc1ccccc1CN1C(=O)[C@@H]3[C@H](C1=O)[C@@H]1CC[C@@H]3O1)[C@@H]1CC[C@@H]2O1. The highest BCUT2D eigenvalue weighted by molar-refractivity contribution is 6.07. The van der Waals surface area contributed by atoms with E-state index in [9.17, 15) is 19.2 Å². The van der Waals surface area contributed by atoms with E-state index in [2.05, 4.69) is 0 Å². The van der Waals surface area contributed by atoms with Gasteiger partial charge in [-0.05, 0) is 36.8 Å². The van der Waals surface area contributed by atoms with Gasteiger partial charge in [0.15, 0.2) is 0 Å². The Hall–Kier alpha value is -2.58. The highest BCUT2D eigenvalue weighted by atomic mass is 16.5. The summed E-state index contributed by atoms with van der Waals surface area (Å²) < 4.78 is 11.6. The number of carbonyl (C=O) groups excluding carboxylic acids is 4. The van der Waals surface area contributed by atoms with Crippen molar-refractivity contribution < 1.29 is 28.7 Å². The van der Waals surface area contributed by atoms with Gasteiger partial charge in [0.25, 0.3) is 0 Å². The van der Waals surface area contributed by atoms with E-state index in [0.29, 0.717) is 0 Å². The molecule has 0 unspecified atom stereocenters. The smallest absolute Gasteiger partial charge is 0.236 e. The zero-order valence-electron chi connectivity index (χ0n) is 17.5. The van der Waals surface area contributed by atoms with Gasteiger partial charge >= 0.3 is 0 Å². The number of rotatable bonds is 4. The van der Waals surface area contributed by atoms with Crippen LogP contribution in [0.15, 0.2) is 24.3 Å². The monoisotopic (exact) mass is 436 g/mol. The van der Waals surface area contributed by atoms with Crippen LogP contribution in [0.5, 0.6) is 0 Å². The number of benzene rings is 1. The molecule has 6 saturated heterocycles. The van der Waals surface area contributed by atoms with Crippen molar-refractivity contribution in [2.75, 3.05) is 0 Å². The van der Waals surface area contributed by atoms with E-state index < -0.39 is 0 Å². The van der Waals surface area contributed by atoms with Crippen molar-refractivity contribution in [3.8, 4) is 0 Å². The number of hydrogen-bond donors (Lipinski definition) is 0. The first-order chi connectivity index (χ1) is 15.5. The number of likely N-dealkylation sites (tertiary alicyclic amines) is 2. The molecule has 4 amide bonds. The van der Waals surface area contributed by atoms with Gasteiger partial charge in [0.05, 0.1) is 61.2 Å². The van der Waals surface area contributed by atoms with Gasteiger partial charge in [-0.1, -0.05) is 24.3 Å². The lowest BCUT2D eigenvalue weighted by atomic mass is 9.81. The largest absolute Gasteiger partial charge is 0.373 e. The number of hydrogen-bond acceptors (Lipinski definition) is 6. The third-order valence-electron chi connectivity index (χ3n) is 8.53. The van der Waals surface area contributed by atoms with Crippen LogP contribution in [0.3, 0.4) is 0 Å². The summed E-state index contributed by atoms with van der Waals surface area (Å²) in [5.74, 6) is -2.04. The Labute approximate surface area is 184 Å². The van der Waals surface area contributed by atoms with Crippen LogP contribution in [-0.2, 0) is 41.7 Å². The molecular formula is C24H24N2O6. The molecule has 4 bridgehead atoms. The summed E-state index contributed by atoms with van der Waals surface area (Å²) in [5.41, 5.74) is 1.58. The van der Waals surface area contributed by atoms with Crippen LogP contribution in [0.4, 0.5) is 0 Å². The van der Waals surface area contributed by atoms with Crippen molar-refractivity contribution in [3.05, 3.63) is 35.4 Å². The molecule has 8 atom stereocenters. The van der Waals surface area contributed by atoms with Crippen LogP contribution in [0, 0.1) is 23.7 Å². The van der Waals surface area contributed by atoms with Gasteiger partial charge in [-0.2, -0.15) is 0 Å². The third-order valence-corrected chi connectivity index (χ3v) is 8.53. The molecule has 6 heterocycles. The van der Waals surface area contributed by atoms with Gasteiger partial charge in [0, 0.05) is 0 Å². The molecule has 6 aliphatic rings. The Morgan fingerprint density at radius 1 is 0.594 bits per heavy atom. The quantitative estimate of drug-likeness (QED) is 0.654. The average Bonchev–Trinajstić information content (AvgIpc) is 3.62. The first-order valence-corrected chi connectivity index (χ1v) is 11.6. The summed E-state index contributed by atoms with van der Waals surface area (Å²) >= 11 is 0. The van der Waals surface area contributed by atoms with E-state index in [0.717, 1.165) is 36.8 Å². The second-order valence-corrected chi connectivity index (χ2v) is 9.98. The van der Waals surface area contributed by atoms with Gasteiger partial charge in [0.2, 0.25) is 23.6 Å². The summed E-state index contributed by atoms with van der Waals surface area (Å²) in [6.45, 7) is 0.329. The van der Waals surface area contributed by atoms with Crippen molar-refractivity contribution in [1.82, 2.24) is 9.80 Å². The zero-order valence-corrected chi connectivity index (χ0v) is 17.5. The molecular weight excluding hydrogens is 412 g/mol. The molecule has 0 aromatic heterocycles. The van der Waals surface area contributed by atoms with Crippen LogP contribution in [0.2, 0.25) is 0 Å². The lowest BCUT2D eigenvalue weighted by Gasteiger charge is -2.22. The van der Waals surface area contributed by atoms with E-state index in [1.54, 1.807) is 0 Å². The molecule has 0 saturated carbocycles. The van der Waals surface area contributed by atoms with E-state index >= 15 is 0 Å². The van der Waals surface area contributed by atoms with Crippen molar-refractivity contribution in [3.63, 3.8) is 0 Å². The molecule has 0 N–H and O–H groups in total. The molecule has 1 aromatic rings. The molecule has 6 aliphatic heterocycles. The Morgan fingerprint density at radius 2 is 0.906 bits per heavy atom.